The molecule has 0 radical (unpaired) electrons. The molecule has 2 heterocycles. The van der Waals surface area contributed by atoms with E-state index in [1.807, 2.05) is 6.07 Å². The van der Waals surface area contributed by atoms with Gasteiger partial charge >= 0.3 is 0 Å². The Morgan fingerprint density at radius 1 is 1.00 bits per heavy atom. The molecular formula is C24H31NO3. The van der Waals surface area contributed by atoms with E-state index in [0.717, 1.165) is 50.5 Å². The van der Waals surface area contributed by atoms with Gasteiger partial charge in [0.25, 0.3) is 0 Å². The highest BCUT2D eigenvalue weighted by molar-refractivity contribution is 5.44. The lowest BCUT2D eigenvalue weighted by Gasteiger charge is -2.45. The van der Waals surface area contributed by atoms with Gasteiger partial charge in [0.15, 0.2) is 11.5 Å². The number of hydrogen-bond donors (Lipinski definition) is 1. The monoisotopic (exact) mass is 381 g/mol. The summed E-state index contributed by atoms with van der Waals surface area (Å²) in [5.41, 5.74) is 4.06. The zero-order valence-corrected chi connectivity index (χ0v) is 17.2. The minimum atomic E-state index is -0.0829. The average Bonchev–Trinajstić information content (AvgIpc) is 3.13. The van der Waals surface area contributed by atoms with Crippen molar-refractivity contribution in [3.8, 4) is 11.5 Å². The maximum Gasteiger partial charge on any atom is 0.231 e. The van der Waals surface area contributed by atoms with Gasteiger partial charge in [-0.2, -0.15) is 0 Å². The third-order valence-corrected chi connectivity index (χ3v) is 6.05. The van der Waals surface area contributed by atoms with Gasteiger partial charge in [-0.3, -0.25) is 0 Å². The minimum absolute atomic E-state index is 0.0829. The lowest BCUT2D eigenvalue weighted by Crippen LogP contribution is -2.45. The first kappa shape index (κ1) is 19.3. The molecule has 0 aliphatic carbocycles. The Hall–Kier alpha value is -2.04. The molecular weight excluding hydrogens is 350 g/mol. The molecule has 1 atom stereocenters. The number of rotatable bonds is 6. The number of aryl methyl sites for hydroxylation is 1. The molecule has 2 aromatic rings. The first-order valence-corrected chi connectivity index (χ1v) is 10.3. The molecule has 0 saturated carbocycles. The first-order valence-electron chi connectivity index (χ1n) is 10.3. The third-order valence-electron chi connectivity index (χ3n) is 6.05. The lowest BCUT2D eigenvalue weighted by molar-refractivity contribution is -0.0840. The predicted octanol–water partition coefficient (Wildman–Crippen LogP) is 4.73. The van der Waals surface area contributed by atoms with E-state index in [0.29, 0.717) is 6.79 Å². The summed E-state index contributed by atoms with van der Waals surface area (Å²) in [5, 5.41) is 3.64. The molecule has 1 fully saturated rings. The van der Waals surface area contributed by atoms with Gasteiger partial charge in [0, 0.05) is 18.6 Å². The second-order valence-electron chi connectivity index (χ2n) is 8.80. The quantitative estimate of drug-likeness (QED) is 0.734. The highest BCUT2D eigenvalue weighted by Crippen LogP contribution is 2.44. The molecule has 0 spiro atoms. The van der Waals surface area contributed by atoms with Crippen molar-refractivity contribution in [2.45, 2.75) is 57.6 Å². The molecule has 2 aliphatic rings. The summed E-state index contributed by atoms with van der Waals surface area (Å²) >= 11 is 0. The van der Waals surface area contributed by atoms with Crippen LogP contribution in [0, 0.1) is 6.92 Å². The van der Waals surface area contributed by atoms with Crippen LogP contribution < -0.4 is 14.8 Å². The highest BCUT2D eigenvalue weighted by Gasteiger charge is 2.41. The van der Waals surface area contributed by atoms with E-state index in [-0.39, 0.29) is 11.0 Å². The van der Waals surface area contributed by atoms with Gasteiger partial charge in [-0.1, -0.05) is 35.9 Å². The maximum atomic E-state index is 6.04. The van der Waals surface area contributed by atoms with Gasteiger partial charge in [-0.05, 0) is 69.8 Å². The maximum absolute atomic E-state index is 6.04. The fourth-order valence-corrected chi connectivity index (χ4v) is 4.60. The summed E-state index contributed by atoms with van der Waals surface area (Å²) in [6.07, 6.45) is 3.23. The molecule has 2 aromatic carbocycles. The van der Waals surface area contributed by atoms with Crippen LogP contribution in [0.2, 0.25) is 0 Å². The van der Waals surface area contributed by atoms with Crippen LogP contribution in [-0.2, 0) is 16.7 Å². The molecule has 4 heteroatoms. The summed E-state index contributed by atoms with van der Waals surface area (Å²) in [6.45, 7) is 9.53. The topological polar surface area (TPSA) is 39.7 Å². The number of fused-ring (bicyclic) bond motifs is 1. The molecule has 4 nitrogen and oxygen atoms in total. The first-order chi connectivity index (χ1) is 13.5. The minimum Gasteiger partial charge on any atom is -0.454 e. The Morgan fingerprint density at radius 2 is 1.79 bits per heavy atom. The lowest BCUT2D eigenvalue weighted by atomic mass is 9.67. The van der Waals surface area contributed by atoms with Crippen LogP contribution in [-0.4, -0.2) is 25.5 Å². The largest absolute Gasteiger partial charge is 0.454 e. The average molecular weight is 382 g/mol. The van der Waals surface area contributed by atoms with Crippen LogP contribution in [0.25, 0.3) is 0 Å². The molecule has 0 amide bonds. The Morgan fingerprint density at radius 3 is 2.57 bits per heavy atom. The second kappa shape index (κ2) is 7.76. The standard InChI is InChI=1S/C24H31NO3/c1-18-4-7-20(8-5-18)24(11-13-28-23(2,3)16-24)10-12-25-15-19-6-9-21-22(14-19)27-17-26-21/h4-9,14,25H,10-13,15-17H2,1-3H3. The van der Waals surface area contributed by atoms with Crippen LogP contribution in [0.15, 0.2) is 42.5 Å². The van der Waals surface area contributed by atoms with Crippen molar-refractivity contribution in [2.24, 2.45) is 0 Å². The summed E-state index contributed by atoms with van der Waals surface area (Å²) in [5.74, 6) is 1.69. The van der Waals surface area contributed by atoms with Crippen LogP contribution in [0.3, 0.4) is 0 Å². The predicted molar refractivity (Wildman–Crippen MR) is 111 cm³/mol. The smallest absolute Gasteiger partial charge is 0.231 e. The molecule has 4 rings (SSSR count). The summed E-state index contributed by atoms with van der Waals surface area (Å²) in [7, 11) is 0. The summed E-state index contributed by atoms with van der Waals surface area (Å²) < 4.78 is 16.9. The van der Waals surface area contributed by atoms with E-state index in [1.54, 1.807) is 0 Å². The third kappa shape index (κ3) is 4.18. The van der Waals surface area contributed by atoms with E-state index < -0.39 is 0 Å². The van der Waals surface area contributed by atoms with Gasteiger partial charge in [0.2, 0.25) is 6.79 Å². The normalized spacial score (nSPS) is 23.0. The number of benzene rings is 2. The fourth-order valence-electron chi connectivity index (χ4n) is 4.60. The van der Waals surface area contributed by atoms with Gasteiger partial charge in [-0.25, -0.2) is 0 Å². The van der Waals surface area contributed by atoms with Gasteiger partial charge < -0.3 is 19.5 Å². The van der Waals surface area contributed by atoms with Crippen LogP contribution in [0.4, 0.5) is 0 Å². The van der Waals surface area contributed by atoms with E-state index in [1.165, 1.54) is 16.7 Å². The second-order valence-corrected chi connectivity index (χ2v) is 8.80. The molecule has 0 aromatic heterocycles. The van der Waals surface area contributed by atoms with Crippen LogP contribution in [0.5, 0.6) is 11.5 Å². The number of nitrogens with one attached hydrogen (secondary N) is 1. The summed E-state index contributed by atoms with van der Waals surface area (Å²) in [6, 6.07) is 15.3. The fraction of sp³-hybridized carbons (Fsp3) is 0.500. The van der Waals surface area contributed by atoms with Gasteiger partial charge in [-0.15, -0.1) is 0 Å². The van der Waals surface area contributed by atoms with E-state index in [4.69, 9.17) is 14.2 Å². The van der Waals surface area contributed by atoms with Gasteiger partial charge in [0.1, 0.15) is 0 Å². The SMILES string of the molecule is Cc1ccc(C2(CCNCc3ccc4c(c3)OCO4)CCOC(C)(C)C2)cc1. The zero-order valence-electron chi connectivity index (χ0n) is 17.2. The molecule has 1 saturated heterocycles. The molecule has 1 N–H and O–H groups in total. The van der Waals surface area contributed by atoms with Crippen molar-refractivity contribution in [3.63, 3.8) is 0 Å². The van der Waals surface area contributed by atoms with Crippen molar-refractivity contribution in [3.05, 3.63) is 59.2 Å². The van der Waals surface area contributed by atoms with Crippen LogP contribution in [0.1, 0.15) is 49.8 Å². The Kier molecular flexibility index (Phi) is 5.35. The molecule has 150 valence electrons. The zero-order chi connectivity index (χ0) is 19.6. The van der Waals surface area contributed by atoms with Crippen molar-refractivity contribution in [2.75, 3.05) is 19.9 Å². The Balaban J connectivity index is 1.42. The van der Waals surface area contributed by atoms with Crippen LogP contribution >= 0.6 is 0 Å². The Bertz CT molecular complexity index is 815. The van der Waals surface area contributed by atoms with Crippen molar-refractivity contribution in [1.82, 2.24) is 5.32 Å². The van der Waals surface area contributed by atoms with E-state index in [2.05, 4.69) is 62.5 Å². The van der Waals surface area contributed by atoms with E-state index in [9.17, 15) is 0 Å². The number of hydrogen-bond acceptors (Lipinski definition) is 4. The Labute approximate surface area is 168 Å². The van der Waals surface area contributed by atoms with Crippen molar-refractivity contribution in [1.29, 1.82) is 0 Å². The molecule has 0 bridgehead atoms. The summed E-state index contributed by atoms with van der Waals surface area (Å²) in [4.78, 5) is 0. The highest BCUT2D eigenvalue weighted by atomic mass is 16.7. The molecule has 28 heavy (non-hydrogen) atoms. The number of ether oxygens (including phenoxy) is 3. The molecule has 1 unspecified atom stereocenters. The van der Waals surface area contributed by atoms with Gasteiger partial charge in [0.05, 0.1) is 5.60 Å². The van der Waals surface area contributed by atoms with Crippen molar-refractivity contribution < 1.29 is 14.2 Å². The molecule has 2 aliphatic heterocycles. The van der Waals surface area contributed by atoms with E-state index >= 15 is 0 Å². The van der Waals surface area contributed by atoms with Crippen molar-refractivity contribution >= 4 is 0 Å².